The molecule has 108 valence electrons. The predicted octanol–water partition coefficient (Wildman–Crippen LogP) is 2.16. The minimum absolute atomic E-state index is 0.205. The average Bonchev–Trinajstić information content (AvgIpc) is 2.38. The molecule has 0 saturated carbocycles. The number of nitrogens with one attached hydrogen (secondary N) is 1. The number of benzene rings is 1. The first-order valence-corrected chi connectivity index (χ1v) is 8.20. The van der Waals surface area contributed by atoms with E-state index < -0.39 is 10.0 Å². The normalized spacial score (nSPS) is 11.5. The van der Waals surface area contributed by atoms with E-state index in [4.69, 9.17) is 9.47 Å². The number of sulfonamides is 1. The number of hydrogen-bond donors (Lipinski definition) is 1. The third kappa shape index (κ3) is 5.10. The summed E-state index contributed by atoms with van der Waals surface area (Å²) in [5.74, 6) is 0.593. The summed E-state index contributed by atoms with van der Waals surface area (Å²) in [7, 11) is -1.96. The Balaban J connectivity index is 2.64. The number of ether oxygens (including phenoxy) is 2. The Labute approximate surface area is 122 Å². The predicted molar refractivity (Wildman–Crippen MR) is 77.0 cm³/mol. The van der Waals surface area contributed by atoms with Crippen molar-refractivity contribution in [3.8, 4) is 5.75 Å². The van der Waals surface area contributed by atoms with Gasteiger partial charge < -0.3 is 9.47 Å². The quantitative estimate of drug-likeness (QED) is 0.729. The van der Waals surface area contributed by atoms with Gasteiger partial charge in [-0.15, -0.1) is 0 Å². The Morgan fingerprint density at radius 3 is 2.68 bits per heavy atom. The van der Waals surface area contributed by atoms with Crippen LogP contribution in [0.25, 0.3) is 0 Å². The first-order chi connectivity index (χ1) is 9.01. The molecular weight excluding hydrogens is 334 g/mol. The van der Waals surface area contributed by atoms with Crippen molar-refractivity contribution in [2.45, 2.75) is 18.2 Å². The first kappa shape index (κ1) is 16.4. The highest BCUT2D eigenvalue weighted by atomic mass is 79.9. The van der Waals surface area contributed by atoms with E-state index in [1.165, 1.54) is 19.2 Å². The molecule has 0 aliphatic carbocycles. The molecule has 7 heteroatoms. The molecule has 0 aliphatic rings. The van der Waals surface area contributed by atoms with Crippen LogP contribution in [0.2, 0.25) is 0 Å². The summed E-state index contributed by atoms with van der Waals surface area (Å²) in [6.07, 6.45) is 0.643. The van der Waals surface area contributed by atoms with Gasteiger partial charge in [0.15, 0.2) is 0 Å². The summed E-state index contributed by atoms with van der Waals surface area (Å²) in [6, 6.07) is 4.64. The third-order valence-corrected chi connectivity index (χ3v) is 4.47. The maximum atomic E-state index is 12.0. The molecule has 1 aromatic rings. The molecule has 0 spiro atoms. The van der Waals surface area contributed by atoms with Crippen LogP contribution in [0.4, 0.5) is 0 Å². The summed E-state index contributed by atoms with van der Waals surface area (Å²) in [6.45, 7) is 3.44. The van der Waals surface area contributed by atoms with E-state index in [1.807, 2.05) is 6.92 Å². The fourth-order valence-electron chi connectivity index (χ4n) is 1.42. The van der Waals surface area contributed by atoms with Gasteiger partial charge in [0.2, 0.25) is 10.0 Å². The van der Waals surface area contributed by atoms with Crippen LogP contribution in [0.5, 0.6) is 5.75 Å². The van der Waals surface area contributed by atoms with E-state index >= 15 is 0 Å². The zero-order valence-electron chi connectivity index (χ0n) is 11.0. The summed E-state index contributed by atoms with van der Waals surface area (Å²) in [5.41, 5.74) is 0. The lowest BCUT2D eigenvalue weighted by atomic mass is 10.3. The summed E-state index contributed by atoms with van der Waals surface area (Å²) in [5, 5.41) is 0. The number of hydrogen-bond acceptors (Lipinski definition) is 4. The van der Waals surface area contributed by atoms with Crippen LogP contribution in [0, 0.1) is 0 Å². The molecule has 1 aromatic carbocycles. The standard InChI is InChI=1S/C12H18BrNO4S/c1-3-18-8-4-7-14-19(15,16)10-5-6-12(17-2)11(13)9-10/h5-6,9,14H,3-4,7-8H2,1-2H3. The lowest BCUT2D eigenvalue weighted by Gasteiger charge is -2.09. The van der Waals surface area contributed by atoms with E-state index in [9.17, 15) is 8.42 Å². The van der Waals surface area contributed by atoms with Crippen LogP contribution in [-0.2, 0) is 14.8 Å². The van der Waals surface area contributed by atoms with Gasteiger partial charge in [-0.25, -0.2) is 13.1 Å². The van der Waals surface area contributed by atoms with Crippen molar-refractivity contribution in [1.29, 1.82) is 0 Å². The van der Waals surface area contributed by atoms with Crippen LogP contribution in [0.3, 0.4) is 0 Å². The average molecular weight is 352 g/mol. The largest absolute Gasteiger partial charge is 0.496 e. The van der Waals surface area contributed by atoms with Crippen LogP contribution in [0.1, 0.15) is 13.3 Å². The SMILES string of the molecule is CCOCCCNS(=O)(=O)c1ccc(OC)c(Br)c1. The maximum Gasteiger partial charge on any atom is 0.240 e. The van der Waals surface area contributed by atoms with Gasteiger partial charge in [0.1, 0.15) is 5.75 Å². The lowest BCUT2D eigenvalue weighted by Crippen LogP contribution is -2.25. The Hall–Kier alpha value is -0.630. The molecule has 0 saturated heterocycles. The van der Waals surface area contributed by atoms with Gasteiger partial charge in [-0.3, -0.25) is 0 Å². The fourth-order valence-corrected chi connectivity index (χ4v) is 3.21. The topological polar surface area (TPSA) is 64.6 Å². The number of rotatable bonds is 8. The second kappa shape index (κ2) is 7.84. The zero-order chi connectivity index (χ0) is 14.3. The van der Waals surface area contributed by atoms with Crippen molar-refractivity contribution < 1.29 is 17.9 Å². The zero-order valence-corrected chi connectivity index (χ0v) is 13.4. The van der Waals surface area contributed by atoms with Crippen LogP contribution < -0.4 is 9.46 Å². The Bertz CT molecular complexity index is 504. The van der Waals surface area contributed by atoms with Gasteiger partial charge >= 0.3 is 0 Å². The first-order valence-electron chi connectivity index (χ1n) is 5.92. The molecule has 0 atom stereocenters. The van der Waals surface area contributed by atoms with Gasteiger partial charge in [-0.2, -0.15) is 0 Å². The molecule has 0 amide bonds. The van der Waals surface area contributed by atoms with E-state index in [2.05, 4.69) is 20.7 Å². The highest BCUT2D eigenvalue weighted by Crippen LogP contribution is 2.27. The highest BCUT2D eigenvalue weighted by molar-refractivity contribution is 9.10. The van der Waals surface area contributed by atoms with Gasteiger partial charge in [-0.05, 0) is 47.5 Å². The Morgan fingerprint density at radius 2 is 2.11 bits per heavy atom. The van der Waals surface area contributed by atoms with E-state index in [-0.39, 0.29) is 4.90 Å². The molecule has 0 aliphatic heterocycles. The van der Waals surface area contributed by atoms with Crippen molar-refractivity contribution in [2.75, 3.05) is 26.9 Å². The summed E-state index contributed by atoms with van der Waals surface area (Å²) >= 11 is 3.26. The number of halogens is 1. The molecule has 0 bridgehead atoms. The van der Waals surface area contributed by atoms with Gasteiger partial charge in [0.25, 0.3) is 0 Å². The highest BCUT2D eigenvalue weighted by Gasteiger charge is 2.15. The molecular formula is C12H18BrNO4S. The number of methoxy groups -OCH3 is 1. The molecule has 0 radical (unpaired) electrons. The molecule has 0 aromatic heterocycles. The lowest BCUT2D eigenvalue weighted by molar-refractivity contribution is 0.146. The fraction of sp³-hybridized carbons (Fsp3) is 0.500. The van der Waals surface area contributed by atoms with Crippen molar-refractivity contribution in [2.24, 2.45) is 0 Å². The maximum absolute atomic E-state index is 12.0. The minimum atomic E-state index is -3.49. The molecule has 5 nitrogen and oxygen atoms in total. The van der Waals surface area contributed by atoms with Crippen molar-refractivity contribution in [3.05, 3.63) is 22.7 Å². The van der Waals surface area contributed by atoms with Gasteiger partial charge in [0, 0.05) is 19.8 Å². The summed E-state index contributed by atoms with van der Waals surface area (Å²) in [4.78, 5) is 0.205. The van der Waals surface area contributed by atoms with E-state index in [0.29, 0.717) is 36.4 Å². The second-order valence-electron chi connectivity index (χ2n) is 3.74. The van der Waals surface area contributed by atoms with Crippen LogP contribution in [0.15, 0.2) is 27.6 Å². The Kier molecular flexibility index (Phi) is 6.78. The minimum Gasteiger partial charge on any atom is -0.496 e. The van der Waals surface area contributed by atoms with Gasteiger partial charge in [0.05, 0.1) is 16.5 Å². The summed E-state index contributed by atoms with van der Waals surface area (Å²) < 4.78 is 37.3. The van der Waals surface area contributed by atoms with Crippen LogP contribution in [-0.4, -0.2) is 35.3 Å². The third-order valence-electron chi connectivity index (χ3n) is 2.40. The molecule has 0 heterocycles. The van der Waals surface area contributed by atoms with Crippen molar-refractivity contribution >= 4 is 26.0 Å². The van der Waals surface area contributed by atoms with Crippen LogP contribution >= 0.6 is 15.9 Å². The molecule has 1 rings (SSSR count). The van der Waals surface area contributed by atoms with Crippen molar-refractivity contribution in [1.82, 2.24) is 4.72 Å². The van der Waals surface area contributed by atoms with E-state index in [0.717, 1.165) is 0 Å². The van der Waals surface area contributed by atoms with E-state index in [1.54, 1.807) is 6.07 Å². The second-order valence-corrected chi connectivity index (χ2v) is 6.37. The van der Waals surface area contributed by atoms with Crippen molar-refractivity contribution in [3.63, 3.8) is 0 Å². The molecule has 0 fully saturated rings. The molecule has 19 heavy (non-hydrogen) atoms. The van der Waals surface area contributed by atoms with Gasteiger partial charge in [-0.1, -0.05) is 0 Å². The molecule has 1 N–H and O–H groups in total. The smallest absolute Gasteiger partial charge is 0.240 e. The molecule has 0 unspecified atom stereocenters. The Morgan fingerprint density at radius 1 is 1.37 bits per heavy atom. The monoisotopic (exact) mass is 351 g/mol.